The van der Waals surface area contributed by atoms with Crippen molar-refractivity contribution in [1.29, 1.82) is 0 Å². The normalized spacial score (nSPS) is 22.8. The lowest BCUT2D eigenvalue weighted by Gasteiger charge is -2.15. The summed E-state index contributed by atoms with van der Waals surface area (Å²) in [5.41, 5.74) is 5.73. The highest BCUT2D eigenvalue weighted by molar-refractivity contribution is 4.94. The summed E-state index contributed by atoms with van der Waals surface area (Å²) in [7, 11) is 0. The Hall–Kier alpha value is -1.01. The van der Waals surface area contributed by atoms with Gasteiger partial charge >= 0.3 is 6.55 Å². The predicted molar refractivity (Wildman–Crippen MR) is 51.3 cm³/mol. The van der Waals surface area contributed by atoms with E-state index >= 15 is 0 Å². The van der Waals surface area contributed by atoms with E-state index in [1.807, 2.05) is 4.90 Å². The summed E-state index contributed by atoms with van der Waals surface area (Å²) in [5.74, 6) is 0.402. The van der Waals surface area contributed by atoms with Crippen LogP contribution in [-0.4, -0.2) is 33.6 Å². The lowest BCUT2D eigenvalue weighted by molar-refractivity contribution is 0.0645. The van der Waals surface area contributed by atoms with Crippen LogP contribution in [-0.2, 0) is 6.54 Å². The van der Waals surface area contributed by atoms with Crippen LogP contribution in [0.2, 0.25) is 0 Å². The molecule has 1 fully saturated rings. The van der Waals surface area contributed by atoms with E-state index in [1.54, 1.807) is 0 Å². The fourth-order valence-electron chi connectivity index (χ4n) is 1.85. The van der Waals surface area contributed by atoms with Gasteiger partial charge in [0.05, 0.1) is 6.54 Å². The maximum atomic E-state index is 12.5. The first kappa shape index (κ1) is 10.5. The van der Waals surface area contributed by atoms with Crippen molar-refractivity contribution in [1.82, 2.24) is 14.5 Å². The monoisotopic (exact) mass is 216 g/mol. The highest BCUT2D eigenvalue weighted by Crippen LogP contribution is 2.16. The second-order valence-corrected chi connectivity index (χ2v) is 3.81. The molecule has 1 saturated heterocycles. The van der Waals surface area contributed by atoms with Crippen LogP contribution in [0.15, 0.2) is 12.4 Å². The fourth-order valence-corrected chi connectivity index (χ4v) is 1.85. The third kappa shape index (κ3) is 2.32. The molecule has 1 aliphatic heterocycles. The number of likely N-dealkylation sites (tertiary alicyclic amines) is 1. The first-order valence-electron chi connectivity index (χ1n) is 4.94. The van der Waals surface area contributed by atoms with Gasteiger partial charge in [-0.25, -0.2) is 4.98 Å². The summed E-state index contributed by atoms with van der Waals surface area (Å²) >= 11 is 0. The molecule has 0 amide bonds. The Labute approximate surface area is 86.7 Å². The van der Waals surface area contributed by atoms with Crippen molar-refractivity contribution in [2.75, 3.05) is 13.1 Å². The predicted octanol–water partition coefficient (Wildman–Crippen LogP) is 0.811. The van der Waals surface area contributed by atoms with Crippen molar-refractivity contribution >= 4 is 0 Å². The minimum Gasteiger partial charge on any atom is -0.326 e. The Kier molecular flexibility index (Phi) is 2.97. The van der Waals surface area contributed by atoms with Gasteiger partial charge in [0.1, 0.15) is 5.82 Å². The van der Waals surface area contributed by atoms with Crippen molar-refractivity contribution < 1.29 is 8.78 Å². The zero-order valence-electron chi connectivity index (χ0n) is 8.31. The van der Waals surface area contributed by atoms with E-state index in [0.29, 0.717) is 12.4 Å². The molecule has 2 heterocycles. The van der Waals surface area contributed by atoms with E-state index in [0.717, 1.165) is 24.1 Å². The molecule has 6 heteroatoms. The first-order valence-corrected chi connectivity index (χ1v) is 4.94. The summed E-state index contributed by atoms with van der Waals surface area (Å²) in [5, 5.41) is 0. The van der Waals surface area contributed by atoms with Gasteiger partial charge in [-0.3, -0.25) is 9.47 Å². The van der Waals surface area contributed by atoms with Gasteiger partial charge in [-0.1, -0.05) is 0 Å². The number of nitrogens with zero attached hydrogens (tertiary/aromatic N) is 3. The van der Waals surface area contributed by atoms with Gasteiger partial charge in [0.15, 0.2) is 0 Å². The SMILES string of the molecule is N[C@@H]1CCN(Cc2nccn2C(F)F)C1. The number of hydrogen-bond donors (Lipinski definition) is 1. The van der Waals surface area contributed by atoms with Crippen LogP contribution in [0.4, 0.5) is 8.78 Å². The summed E-state index contributed by atoms with van der Waals surface area (Å²) in [6, 6.07) is 0.167. The molecule has 0 radical (unpaired) electrons. The molecule has 4 nitrogen and oxygen atoms in total. The van der Waals surface area contributed by atoms with Gasteiger partial charge in [0, 0.05) is 31.5 Å². The number of imidazole rings is 1. The van der Waals surface area contributed by atoms with Crippen molar-refractivity contribution in [2.24, 2.45) is 5.73 Å². The van der Waals surface area contributed by atoms with Crippen LogP contribution < -0.4 is 5.73 Å². The smallest absolute Gasteiger partial charge is 0.319 e. The average Bonchev–Trinajstić information content (AvgIpc) is 2.75. The molecule has 2 N–H and O–H groups in total. The van der Waals surface area contributed by atoms with E-state index in [1.165, 1.54) is 12.4 Å². The molecule has 15 heavy (non-hydrogen) atoms. The lowest BCUT2D eigenvalue weighted by Crippen LogP contribution is -2.27. The number of nitrogens with two attached hydrogens (primary N) is 1. The number of hydrogen-bond acceptors (Lipinski definition) is 3. The number of halogens is 2. The van der Waals surface area contributed by atoms with E-state index in [9.17, 15) is 8.78 Å². The zero-order chi connectivity index (χ0) is 10.8. The average molecular weight is 216 g/mol. The molecule has 0 spiro atoms. The zero-order valence-corrected chi connectivity index (χ0v) is 8.31. The minimum atomic E-state index is -2.52. The fraction of sp³-hybridized carbons (Fsp3) is 0.667. The largest absolute Gasteiger partial charge is 0.326 e. The van der Waals surface area contributed by atoms with E-state index in [-0.39, 0.29) is 6.04 Å². The Balaban J connectivity index is 2.01. The van der Waals surface area contributed by atoms with Crippen molar-refractivity contribution in [3.05, 3.63) is 18.2 Å². The van der Waals surface area contributed by atoms with Gasteiger partial charge < -0.3 is 5.73 Å². The molecule has 1 aromatic heterocycles. The van der Waals surface area contributed by atoms with Crippen LogP contribution in [0.1, 0.15) is 18.8 Å². The summed E-state index contributed by atoms with van der Waals surface area (Å²) in [4.78, 5) is 5.97. The van der Waals surface area contributed by atoms with Crippen LogP contribution in [0.5, 0.6) is 0 Å². The quantitative estimate of drug-likeness (QED) is 0.813. The molecule has 0 aromatic carbocycles. The minimum absolute atomic E-state index is 0.167. The molecule has 1 aromatic rings. The van der Waals surface area contributed by atoms with Crippen LogP contribution in [0, 0.1) is 0 Å². The Bertz CT molecular complexity index is 326. The number of aromatic nitrogens is 2. The number of rotatable bonds is 3. The number of alkyl halides is 2. The highest BCUT2D eigenvalue weighted by Gasteiger charge is 2.21. The molecule has 1 atom stereocenters. The summed E-state index contributed by atoms with van der Waals surface area (Å²) < 4.78 is 25.9. The first-order chi connectivity index (χ1) is 7.16. The third-order valence-electron chi connectivity index (χ3n) is 2.63. The molecular formula is C9H14F2N4. The van der Waals surface area contributed by atoms with Gasteiger partial charge in [-0.15, -0.1) is 0 Å². The van der Waals surface area contributed by atoms with Crippen LogP contribution in [0.3, 0.4) is 0 Å². The molecule has 2 rings (SSSR count). The summed E-state index contributed by atoms with van der Waals surface area (Å²) in [6.45, 7) is -0.447. The van der Waals surface area contributed by atoms with Gasteiger partial charge in [0.2, 0.25) is 0 Å². The maximum Gasteiger partial charge on any atom is 0.319 e. The molecule has 0 aliphatic carbocycles. The Morgan fingerprint density at radius 2 is 2.40 bits per heavy atom. The van der Waals surface area contributed by atoms with E-state index in [4.69, 9.17) is 5.73 Å². The van der Waals surface area contributed by atoms with E-state index in [2.05, 4.69) is 4.98 Å². The molecule has 1 aliphatic rings. The van der Waals surface area contributed by atoms with Crippen LogP contribution in [0.25, 0.3) is 0 Å². The van der Waals surface area contributed by atoms with Gasteiger partial charge in [-0.2, -0.15) is 8.78 Å². The van der Waals surface area contributed by atoms with E-state index < -0.39 is 6.55 Å². The molecular weight excluding hydrogens is 202 g/mol. The molecule has 0 bridgehead atoms. The van der Waals surface area contributed by atoms with Gasteiger partial charge in [-0.05, 0) is 6.42 Å². The molecule has 0 saturated carbocycles. The van der Waals surface area contributed by atoms with Crippen molar-refractivity contribution in [3.8, 4) is 0 Å². The standard InChI is InChI=1S/C9H14F2N4/c10-9(11)15-4-2-13-8(15)6-14-3-1-7(12)5-14/h2,4,7,9H,1,3,5-6,12H2/t7-/m1/s1. The third-order valence-corrected chi connectivity index (χ3v) is 2.63. The summed E-state index contributed by atoms with van der Waals surface area (Å²) in [6.07, 6.45) is 3.63. The molecule has 0 unspecified atom stereocenters. The van der Waals surface area contributed by atoms with Gasteiger partial charge in [0.25, 0.3) is 0 Å². The highest BCUT2D eigenvalue weighted by atomic mass is 19.3. The second kappa shape index (κ2) is 4.24. The molecule has 84 valence electrons. The van der Waals surface area contributed by atoms with Crippen molar-refractivity contribution in [2.45, 2.75) is 25.6 Å². The second-order valence-electron chi connectivity index (χ2n) is 3.81. The van der Waals surface area contributed by atoms with Crippen LogP contribution >= 0.6 is 0 Å². The Morgan fingerprint density at radius 3 is 3.00 bits per heavy atom. The lowest BCUT2D eigenvalue weighted by atomic mass is 10.3. The Morgan fingerprint density at radius 1 is 1.60 bits per heavy atom. The topological polar surface area (TPSA) is 47.1 Å². The maximum absolute atomic E-state index is 12.5. The van der Waals surface area contributed by atoms with Crippen molar-refractivity contribution in [3.63, 3.8) is 0 Å².